The Labute approximate surface area is 197 Å². The van der Waals surface area contributed by atoms with E-state index in [1.807, 2.05) is 38.1 Å². The molecule has 1 heterocycles. The average molecular weight is 450 g/mol. The first-order valence-electron chi connectivity index (χ1n) is 11.3. The molecule has 0 saturated heterocycles. The molecule has 0 amide bonds. The average Bonchev–Trinajstić information content (AvgIpc) is 2.81. The maximum absolute atomic E-state index is 13.7. The zero-order valence-electron chi connectivity index (χ0n) is 20.2. The number of nitrogens with two attached hydrogens (primary N) is 1. The molecular formula is C27H36FN5. The van der Waals surface area contributed by atoms with Crippen LogP contribution in [-0.4, -0.2) is 28.8 Å². The number of aliphatic imine (C=N–C) groups is 1. The molecular weight excluding hydrogens is 413 g/mol. The predicted octanol–water partition coefficient (Wildman–Crippen LogP) is 6.47. The van der Waals surface area contributed by atoms with Gasteiger partial charge in [0.25, 0.3) is 0 Å². The Hall–Kier alpha value is -3.41. The van der Waals surface area contributed by atoms with E-state index >= 15 is 0 Å². The summed E-state index contributed by atoms with van der Waals surface area (Å²) in [6.07, 6.45) is 6.03. The van der Waals surface area contributed by atoms with Crippen molar-refractivity contribution in [1.82, 2.24) is 9.88 Å². The molecule has 0 spiro atoms. The highest BCUT2D eigenvalue weighted by Crippen LogP contribution is 2.26. The van der Waals surface area contributed by atoms with Crippen LogP contribution in [0.2, 0.25) is 0 Å². The van der Waals surface area contributed by atoms with E-state index in [0.29, 0.717) is 17.0 Å². The number of hydrogen-bond donors (Lipinski definition) is 2. The Bertz CT molecular complexity index is 1020. The predicted molar refractivity (Wildman–Crippen MR) is 140 cm³/mol. The second-order valence-electron chi connectivity index (χ2n) is 7.98. The maximum atomic E-state index is 13.7. The number of aryl methyl sites for hydroxylation is 1. The van der Waals surface area contributed by atoms with Crippen molar-refractivity contribution in [2.24, 2.45) is 10.7 Å². The highest BCUT2D eigenvalue weighted by atomic mass is 19.1. The number of nitrogens with one attached hydrogen (secondary N) is 1. The maximum Gasteiger partial charge on any atom is 0.122 e. The molecule has 5 nitrogen and oxygen atoms in total. The van der Waals surface area contributed by atoms with Gasteiger partial charge in [0, 0.05) is 36.2 Å². The zero-order valence-corrected chi connectivity index (χ0v) is 20.2. The summed E-state index contributed by atoms with van der Waals surface area (Å²) in [6.45, 7) is 17.3. The first-order chi connectivity index (χ1) is 15.8. The Morgan fingerprint density at radius 1 is 1.33 bits per heavy atom. The number of halogens is 1. The summed E-state index contributed by atoms with van der Waals surface area (Å²) in [7, 11) is 0. The largest absolute Gasteiger partial charge is 0.403 e. The molecule has 0 radical (unpaired) electrons. The number of anilines is 1. The van der Waals surface area contributed by atoms with Crippen molar-refractivity contribution in [2.45, 2.75) is 46.7 Å². The van der Waals surface area contributed by atoms with Crippen LogP contribution >= 0.6 is 0 Å². The summed E-state index contributed by atoms with van der Waals surface area (Å²) in [5.74, 6) is 0.898. The lowest BCUT2D eigenvalue weighted by Gasteiger charge is -2.23. The van der Waals surface area contributed by atoms with Crippen LogP contribution in [0.25, 0.3) is 11.4 Å². The third kappa shape index (κ3) is 7.31. The molecule has 0 aliphatic carbocycles. The fourth-order valence-electron chi connectivity index (χ4n) is 3.47. The number of amidine groups is 1. The van der Waals surface area contributed by atoms with Gasteiger partial charge in [-0.15, -0.1) is 6.58 Å². The standard InChI is InChI=1S/C27H36FN5/c1-7-9-14-33(13-8-2)22(6)32-27(17-29)26-16-25(18-30-21(26)5)31-20(4)24-12-10-11-23(15-24)19(3)28/h7,10-12,15-19,31H,1,4,8-9,13-14,29H2,2-3,5-6H3/b27-17-,32-22+. The Morgan fingerprint density at radius 2 is 2.09 bits per heavy atom. The van der Waals surface area contributed by atoms with Gasteiger partial charge in [0.05, 0.1) is 17.6 Å². The first-order valence-corrected chi connectivity index (χ1v) is 11.3. The monoisotopic (exact) mass is 449 g/mol. The molecule has 0 saturated carbocycles. The van der Waals surface area contributed by atoms with Crippen LogP contribution in [0.4, 0.5) is 10.1 Å². The van der Waals surface area contributed by atoms with E-state index in [4.69, 9.17) is 10.7 Å². The van der Waals surface area contributed by atoms with Crippen molar-refractivity contribution >= 4 is 22.9 Å². The molecule has 6 heteroatoms. The second-order valence-corrected chi connectivity index (χ2v) is 7.98. The van der Waals surface area contributed by atoms with Crippen LogP contribution in [0.5, 0.6) is 0 Å². The van der Waals surface area contributed by atoms with Crippen LogP contribution in [0.3, 0.4) is 0 Å². The molecule has 1 atom stereocenters. The van der Waals surface area contributed by atoms with Gasteiger partial charge in [-0.25, -0.2) is 9.38 Å². The summed E-state index contributed by atoms with van der Waals surface area (Å²) >= 11 is 0. The van der Waals surface area contributed by atoms with Crippen LogP contribution in [0.1, 0.15) is 62.2 Å². The van der Waals surface area contributed by atoms with Gasteiger partial charge >= 0.3 is 0 Å². The molecule has 0 fully saturated rings. The van der Waals surface area contributed by atoms with Gasteiger partial charge in [-0.2, -0.15) is 0 Å². The van der Waals surface area contributed by atoms with Crippen molar-refractivity contribution in [2.75, 3.05) is 18.4 Å². The smallest absolute Gasteiger partial charge is 0.122 e. The quantitative estimate of drug-likeness (QED) is 0.234. The van der Waals surface area contributed by atoms with Gasteiger partial charge < -0.3 is 16.0 Å². The minimum absolute atomic E-state index is 0.615. The number of rotatable bonds is 11. The third-order valence-corrected chi connectivity index (χ3v) is 5.35. The van der Waals surface area contributed by atoms with E-state index in [1.54, 1.807) is 18.3 Å². The number of benzene rings is 1. The van der Waals surface area contributed by atoms with Crippen LogP contribution in [-0.2, 0) is 0 Å². The Kier molecular flexibility index (Phi) is 9.85. The summed E-state index contributed by atoms with van der Waals surface area (Å²) < 4.78 is 13.7. The summed E-state index contributed by atoms with van der Waals surface area (Å²) in [4.78, 5) is 11.6. The van der Waals surface area contributed by atoms with Crippen molar-refractivity contribution in [3.63, 3.8) is 0 Å². The van der Waals surface area contributed by atoms with E-state index in [-0.39, 0.29) is 0 Å². The molecule has 176 valence electrons. The zero-order chi connectivity index (χ0) is 24.4. The molecule has 0 aliphatic rings. The van der Waals surface area contributed by atoms with Crippen LogP contribution in [0.15, 0.2) is 67.0 Å². The lowest BCUT2D eigenvalue weighted by atomic mass is 10.1. The van der Waals surface area contributed by atoms with Gasteiger partial charge in [0.1, 0.15) is 12.0 Å². The van der Waals surface area contributed by atoms with Crippen molar-refractivity contribution in [3.8, 4) is 0 Å². The third-order valence-electron chi connectivity index (χ3n) is 5.35. The lowest BCUT2D eigenvalue weighted by molar-refractivity contribution is 0.374. The second kappa shape index (κ2) is 12.6. The topological polar surface area (TPSA) is 66.5 Å². The van der Waals surface area contributed by atoms with Gasteiger partial charge in [-0.05, 0) is 56.9 Å². The summed E-state index contributed by atoms with van der Waals surface area (Å²) in [5, 5.41) is 3.28. The molecule has 2 rings (SSSR count). The highest BCUT2D eigenvalue weighted by Gasteiger charge is 2.12. The lowest BCUT2D eigenvalue weighted by Crippen LogP contribution is -2.30. The van der Waals surface area contributed by atoms with Crippen LogP contribution in [0, 0.1) is 6.92 Å². The van der Waals surface area contributed by atoms with Crippen LogP contribution < -0.4 is 11.1 Å². The van der Waals surface area contributed by atoms with E-state index in [2.05, 4.69) is 35.3 Å². The number of nitrogens with zero attached hydrogens (tertiary/aromatic N) is 3. The molecule has 0 bridgehead atoms. The molecule has 33 heavy (non-hydrogen) atoms. The number of hydrogen-bond acceptors (Lipinski definition) is 4. The molecule has 0 aliphatic heterocycles. The van der Waals surface area contributed by atoms with Crippen molar-refractivity contribution in [3.05, 3.63) is 84.3 Å². The number of pyridine rings is 1. The minimum atomic E-state index is -1.04. The number of alkyl halides is 1. The highest BCUT2D eigenvalue weighted by molar-refractivity contribution is 5.87. The van der Waals surface area contributed by atoms with Gasteiger partial charge in [-0.1, -0.05) is 37.8 Å². The summed E-state index contributed by atoms with van der Waals surface area (Å²) in [5.41, 5.74) is 11.1. The molecule has 1 aromatic heterocycles. The Morgan fingerprint density at radius 3 is 2.73 bits per heavy atom. The summed E-state index contributed by atoms with van der Waals surface area (Å²) in [6, 6.07) is 9.25. The van der Waals surface area contributed by atoms with E-state index in [0.717, 1.165) is 54.3 Å². The molecule has 1 unspecified atom stereocenters. The molecule has 2 aromatic rings. The van der Waals surface area contributed by atoms with E-state index in [9.17, 15) is 4.39 Å². The Balaban J connectivity index is 2.29. The van der Waals surface area contributed by atoms with E-state index in [1.165, 1.54) is 13.1 Å². The van der Waals surface area contributed by atoms with Gasteiger partial charge in [0.15, 0.2) is 0 Å². The normalized spacial score (nSPS) is 12.9. The minimum Gasteiger partial charge on any atom is -0.403 e. The molecule has 1 aromatic carbocycles. The SMILES string of the molecule is C=CCCN(CCC)/C(C)=N/C(=C\N)c1cc(NC(=C)c2cccc(C(C)F)c2)cnc1C. The van der Waals surface area contributed by atoms with Gasteiger partial charge in [0.2, 0.25) is 0 Å². The van der Waals surface area contributed by atoms with E-state index < -0.39 is 6.17 Å². The van der Waals surface area contributed by atoms with Gasteiger partial charge in [-0.3, -0.25) is 4.98 Å². The fraction of sp³-hybridized carbons (Fsp3) is 0.333. The van der Waals surface area contributed by atoms with Crippen molar-refractivity contribution < 1.29 is 4.39 Å². The number of aromatic nitrogens is 1. The van der Waals surface area contributed by atoms with Crippen molar-refractivity contribution in [1.29, 1.82) is 0 Å². The first kappa shape index (κ1) is 25.8. The molecule has 3 N–H and O–H groups in total. The fourth-order valence-corrected chi connectivity index (χ4v) is 3.47.